The van der Waals surface area contributed by atoms with Gasteiger partial charge in [0.05, 0.1) is 23.1 Å². The molecule has 4 nitrogen and oxygen atoms in total. The highest BCUT2D eigenvalue weighted by atomic mass is 32.1. The minimum absolute atomic E-state index is 0.0136. The average molecular weight is 281 g/mol. The number of methoxy groups -OCH3 is 1. The summed E-state index contributed by atoms with van der Waals surface area (Å²) in [6, 6.07) is 1.80. The Morgan fingerprint density at radius 2 is 2.37 bits per heavy atom. The third-order valence-corrected chi connectivity index (χ3v) is 3.52. The molecule has 0 saturated carbocycles. The number of hydrogen-bond acceptors (Lipinski definition) is 4. The molecule has 0 fully saturated rings. The number of hydrogen-bond donors (Lipinski definition) is 1. The van der Waals surface area contributed by atoms with Crippen LogP contribution in [0.1, 0.15) is 29.1 Å². The summed E-state index contributed by atoms with van der Waals surface area (Å²) >= 11 is 1.41. The van der Waals surface area contributed by atoms with E-state index in [9.17, 15) is 4.79 Å². The van der Waals surface area contributed by atoms with E-state index >= 15 is 0 Å². The number of ether oxygens (including phenoxy) is 1. The lowest BCUT2D eigenvalue weighted by atomic mass is 10.2. The van der Waals surface area contributed by atoms with Crippen LogP contribution in [0.3, 0.4) is 0 Å². The molecule has 0 saturated heterocycles. The lowest BCUT2D eigenvalue weighted by molar-refractivity contribution is 0.0580. The van der Waals surface area contributed by atoms with Crippen LogP contribution in [-0.2, 0) is 4.74 Å². The minimum atomic E-state index is -0.173. The van der Waals surface area contributed by atoms with Gasteiger partial charge in [0.25, 0.3) is 5.91 Å². The van der Waals surface area contributed by atoms with Crippen molar-refractivity contribution in [1.29, 1.82) is 0 Å². The highest BCUT2D eigenvalue weighted by molar-refractivity contribution is 7.10. The summed E-state index contributed by atoms with van der Waals surface area (Å²) in [6.45, 7) is 4.89. The molecule has 1 amide bonds. The van der Waals surface area contributed by atoms with Gasteiger partial charge in [-0.1, -0.05) is 11.8 Å². The molecule has 1 atom stereocenters. The summed E-state index contributed by atoms with van der Waals surface area (Å²) in [5.74, 6) is 5.36. The van der Waals surface area contributed by atoms with E-state index in [1.54, 1.807) is 23.5 Å². The number of nitrogens with zero attached hydrogens (tertiary/aromatic N) is 1. The predicted octanol–water partition coefficient (Wildman–Crippen LogP) is 1.59. The van der Waals surface area contributed by atoms with Gasteiger partial charge in [-0.05, 0) is 19.9 Å². The largest absolute Gasteiger partial charge is 0.384 e. The highest BCUT2D eigenvalue weighted by Gasteiger charge is 2.20. The quantitative estimate of drug-likeness (QED) is 0.834. The van der Waals surface area contributed by atoms with Crippen LogP contribution in [0, 0.1) is 11.8 Å². The van der Waals surface area contributed by atoms with E-state index in [0.717, 1.165) is 4.88 Å². The summed E-state index contributed by atoms with van der Waals surface area (Å²) in [4.78, 5) is 14.9. The second-order valence-electron chi connectivity index (χ2n) is 4.06. The highest BCUT2D eigenvalue weighted by Crippen LogP contribution is 2.16. The maximum Gasteiger partial charge on any atom is 0.255 e. The Hall–Kier alpha value is -1.35. The van der Waals surface area contributed by atoms with Crippen molar-refractivity contribution in [2.75, 3.05) is 26.9 Å². The van der Waals surface area contributed by atoms with Gasteiger partial charge in [-0.3, -0.25) is 4.79 Å². The molecular weight excluding hydrogens is 262 g/mol. The van der Waals surface area contributed by atoms with E-state index in [0.29, 0.717) is 18.7 Å². The molecule has 0 aliphatic rings. The Morgan fingerprint density at radius 3 is 2.95 bits per heavy atom. The first-order valence-corrected chi connectivity index (χ1v) is 7.00. The van der Waals surface area contributed by atoms with Gasteiger partial charge in [0.2, 0.25) is 0 Å². The Labute approximate surface area is 118 Å². The Bertz CT molecular complexity index is 473. The number of rotatable bonds is 5. The summed E-state index contributed by atoms with van der Waals surface area (Å²) in [5, 5.41) is 10.4. The van der Waals surface area contributed by atoms with Gasteiger partial charge in [0, 0.05) is 19.0 Å². The molecular formula is C14H19NO3S. The molecule has 1 aromatic rings. The molecule has 0 bridgehead atoms. The second kappa shape index (κ2) is 7.95. The van der Waals surface area contributed by atoms with Crippen LogP contribution in [0.2, 0.25) is 0 Å². The van der Waals surface area contributed by atoms with Crippen LogP contribution in [0.15, 0.2) is 11.4 Å². The fraction of sp³-hybridized carbons (Fsp3) is 0.500. The number of likely N-dealkylation sites (N-methyl/N-ethyl adjacent to an activating group) is 1. The van der Waals surface area contributed by atoms with Crippen molar-refractivity contribution in [3.8, 4) is 11.8 Å². The predicted molar refractivity (Wildman–Crippen MR) is 76.3 cm³/mol. The van der Waals surface area contributed by atoms with Crippen LogP contribution in [0.4, 0.5) is 0 Å². The van der Waals surface area contributed by atoms with Gasteiger partial charge in [0.15, 0.2) is 0 Å². The molecule has 0 spiro atoms. The van der Waals surface area contributed by atoms with Crippen molar-refractivity contribution in [2.24, 2.45) is 0 Å². The van der Waals surface area contributed by atoms with Crippen molar-refractivity contribution >= 4 is 17.2 Å². The second-order valence-corrected chi connectivity index (χ2v) is 4.97. The summed E-state index contributed by atoms with van der Waals surface area (Å²) in [5.41, 5.74) is 0.636. The van der Waals surface area contributed by atoms with Crippen LogP contribution in [0.5, 0.6) is 0 Å². The van der Waals surface area contributed by atoms with Crippen molar-refractivity contribution in [3.63, 3.8) is 0 Å². The molecule has 1 aromatic heterocycles. The van der Waals surface area contributed by atoms with Crippen molar-refractivity contribution < 1.29 is 14.6 Å². The number of carbonyl (C=O) groups is 1. The summed E-state index contributed by atoms with van der Waals surface area (Å²) in [6.07, 6.45) is 0. The van der Waals surface area contributed by atoms with E-state index < -0.39 is 0 Å². The van der Waals surface area contributed by atoms with Crippen LogP contribution in [0.25, 0.3) is 0 Å². The van der Waals surface area contributed by atoms with Crippen LogP contribution < -0.4 is 0 Å². The zero-order chi connectivity index (χ0) is 14.3. The maximum absolute atomic E-state index is 12.4. The Kier molecular flexibility index (Phi) is 6.57. The molecule has 0 aliphatic carbocycles. The molecule has 1 unspecified atom stereocenters. The van der Waals surface area contributed by atoms with E-state index in [1.807, 2.05) is 13.8 Å². The molecule has 1 N–H and O–H groups in total. The fourth-order valence-corrected chi connectivity index (χ4v) is 2.54. The molecule has 1 rings (SSSR count). The van der Waals surface area contributed by atoms with Gasteiger partial charge in [-0.2, -0.15) is 0 Å². The summed E-state index contributed by atoms with van der Waals surface area (Å²) in [7, 11) is 1.63. The average Bonchev–Trinajstić information content (AvgIpc) is 2.86. The van der Waals surface area contributed by atoms with Crippen molar-refractivity contribution in [1.82, 2.24) is 4.90 Å². The van der Waals surface area contributed by atoms with Crippen molar-refractivity contribution in [3.05, 3.63) is 21.9 Å². The van der Waals surface area contributed by atoms with E-state index in [4.69, 9.17) is 9.84 Å². The van der Waals surface area contributed by atoms with Gasteiger partial charge < -0.3 is 14.7 Å². The van der Waals surface area contributed by atoms with Crippen LogP contribution in [-0.4, -0.2) is 48.8 Å². The van der Waals surface area contributed by atoms with E-state index in [1.165, 1.54) is 11.3 Å². The minimum Gasteiger partial charge on any atom is -0.384 e. The molecule has 19 heavy (non-hydrogen) atoms. The number of amides is 1. The third kappa shape index (κ3) is 4.35. The van der Waals surface area contributed by atoms with Gasteiger partial charge in [0.1, 0.15) is 6.61 Å². The van der Waals surface area contributed by atoms with Crippen molar-refractivity contribution in [2.45, 2.75) is 19.9 Å². The lowest BCUT2D eigenvalue weighted by Gasteiger charge is -2.27. The molecule has 0 aromatic carbocycles. The maximum atomic E-state index is 12.4. The SMILES string of the molecule is CCN(C(=O)c1csc(C#CCO)c1)C(C)COC. The zero-order valence-electron chi connectivity index (χ0n) is 11.5. The smallest absolute Gasteiger partial charge is 0.255 e. The standard InChI is InChI=1S/C14H19NO3S/c1-4-15(11(2)9-18-3)14(17)12-8-13(19-10-12)6-5-7-16/h8,10-11,16H,4,7,9H2,1-3H3. The Balaban J connectivity index is 2.82. The van der Waals surface area contributed by atoms with Crippen LogP contribution >= 0.6 is 11.3 Å². The molecule has 5 heteroatoms. The van der Waals surface area contributed by atoms with Gasteiger partial charge >= 0.3 is 0 Å². The molecule has 104 valence electrons. The number of carbonyl (C=O) groups excluding carboxylic acids is 1. The fourth-order valence-electron chi connectivity index (χ4n) is 1.79. The molecule has 1 heterocycles. The molecule has 0 aliphatic heterocycles. The first-order chi connectivity index (χ1) is 9.13. The number of aliphatic hydroxyl groups excluding tert-OH is 1. The topological polar surface area (TPSA) is 49.8 Å². The van der Waals surface area contributed by atoms with Gasteiger partial charge in [-0.25, -0.2) is 0 Å². The summed E-state index contributed by atoms with van der Waals surface area (Å²) < 4.78 is 5.09. The van der Waals surface area contributed by atoms with E-state index in [2.05, 4.69) is 11.8 Å². The first kappa shape index (κ1) is 15.7. The zero-order valence-corrected chi connectivity index (χ0v) is 12.3. The van der Waals surface area contributed by atoms with E-state index in [-0.39, 0.29) is 18.6 Å². The van der Waals surface area contributed by atoms with Gasteiger partial charge in [-0.15, -0.1) is 11.3 Å². The Morgan fingerprint density at radius 1 is 1.63 bits per heavy atom. The molecule has 0 radical (unpaired) electrons. The normalized spacial score (nSPS) is 11.6. The number of aliphatic hydroxyl groups is 1. The third-order valence-electron chi connectivity index (χ3n) is 2.68. The lowest BCUT2D eigenvalue weighted by Crippen LogP contribution is -2.40. The monoisotopic (exact) mass is 281 g/mol. The number of thiophene rings is 1. The first-order valence-electron chi connectivity index (χ1n) is 6.12.